The minimum atomic E-state index is -0.236. The summed E-state index contributed by atoms with van der Waals surface area (Å²) in [5, 5.41) is 9.05. The molecule has 1 nitrogen and oxygen atoms in total. The van der Waals surface area contributed by atoms with Crippen molar-refractivity contribution in [2.45, 2.75) is 12.5 Å². The Labute approximate surface area is 62.2 Å². The summed E-state index contributed by atoms with van der Waals surface area (Å²) in [7, 11) is 0. The number of hydrogen-bond donors (Lipinski definition) is 1. The molecule has 0 fully saturated rings. The van der Waals surface area contributed by atoms with E-state index in [1.165, 1.54) is 0 Å². The van der Waals surface area contributed by atoms with E-state index in [1.807, 2.05) is 18.2 Å². The van der Waals surface area contributed by atoms with Gasteiger partial charge < -0.3 is 5.11 Å². The molecule has 0 saturated carbocycles. The maximum Gasteiger partial charge on any atom is 0.0881 e. The predicted molar refractivity (Wildman–Crippen MR) is 41.9 cm³/mol. The molecule has 0 aromatic rings. The highest BCUT2D eigenvalue weighted by molar-refractivity contribution is 14.1. The van der Waals surface area contributed by atoms with Crippen molar-refractivity contribution in [1.29, 1.82) is 0 Å². The molecule has 1 aliphatic rings. The van der Waals surface area contributed by atoms with Crippen molar-refractivity contribution in [2.75, 3.05) is 0 Å². The molecule has 1 atom stereocenters. The van der Waals surface area contributed by atoms with E-state index in [-0.39, 0.29) is 6.10 Å². The second kappa shape index (κ2) is 2.64. The molecule has 0 radical (unpaired) electrons. The average molecular weight is 222 g/mol. The molecule has 0 bridgehead atoms. The Bertz CT molecular complexity index is 137. The second-order valence-electron chi connectivity index (χ2n) is 1.73. The first kappa shape index (κ1) is 6.29. The lowest BCUT2D eigenvalue weighted by Gasteiger charge is -2.08. The maximum atomic E-state index is 9.05. The number of aliphatic hydroxyl groups is 1. The monoisotopic (exact) mass is 222 g/mol. The van der Waals surface area contributed by atoms with E-state index in [0.29, 0.717) is 0 Å². The first-order valence-corrected chi connectivity index (χ1v) is 3.59. The molecule has 1 rings (SSSR count). The highest BCUT2D eigenvalue weighted by Gasteiger charge is 2.06. The third-order valence-electron chi connectivity index (χ3n) is 1.07. The van der Waals surface area contributed by atoms with Crippen LogP contribution >= 0.6 is 22.6 Å². The Balaban J connectivity index is 2.66. The summed E-state index contributed by atoms with van der Waals surface area (Å²) in [6, 6.07) is 0. The quantitative estimate of drug-likeness (QED) is 0.617. The van der Waals surface area contributed by atoms with Gasteiger partial charge in [-0.2, -0.15) is 0 Å². The number of rotatable bonds is 0. The molecule has 1 aliphatic carbocycles. The topological polar surface area (TPSA) is 20.2 Å². The predicted octanol–water partition coefficient (Wildman–Crippen LogP) is 1.63. The Morgan fingerprint density at radius 2 is 2.50 bits per heavy atom. The first-order valence-electron chi connectivity index (χ1n) is 2.51. The summed E-state index contributed by atoms with van der Waals surface area (Å²) in [5.41, 5.74) is 0. The molecule has 0 aliphatic heterocycles. The van der Waals surface area contributed by atoms with Gasteiger partial charge in [0.1, 0.15) is 0 Å². The summed E-state index contributed by atoms with van der Waals surface area (Å²) >= 11 is 2.14. The van der Waals surface area contributed by atoms with Gasteiger partial charge in [0, 0.05) is 3.58 Å². The van der Waals surface area contributed by atoms with Gasteiger partial charge in [0.05, 0.1) is 6.10 Å². The summed E-state index contributed by atoms with van der Waals surface area (Å²) < 4.78 is 1.03. The van der Waals surface area contributed by atoms with Gasteiger partial charge in [-0.25, -0.2) is 0 Å². The minimum Gasteiger partial charge on any atom is -0.388 e. The molecular formula is C6H7IO. The smallest absolute Gasteiger partial charge is 0.0881 e. The van der Waals surface area contributed by atoms with Crippen molar-refractivity contribution in [3.63, 3.8) is 0 Å². The molecular weight excluding hydrogens is 215 g/mol. The van der Waals surface area contributed by atoms with Gasteiger partial charge in [0.25, 0.3) is 0 Å². The molecule has 8 heavy (non-hydrogen) atoms. The van der Waals surface area contributed by atoms with Gasteiger partial charge in [-0.15, -0.1) is 0 Å². The lowest BCUT2D eigenvalue weighted by atomic mass is 10.1. The van der Waals surface area contributed by atoms with Crippen LogP contribution in [0, 0.1) is 0 Å². The minimum absolute atomic E-state index is 0.236. The van der Waals surface area contributed by atoms with Gasteiger partial charge >= 0.3 is 0 Å². The fourth-order valence-electron chi connectivity index (χ4n) is 0.591. The van der Waals surface area contributed by atoms with E-state index in [4.69, 9.17) is 5.11 Å². The van der Waals surface area contributed by atoms with Crippen molar-refractivity contribution < 1.29 is 5.11 Å². The molecule has 0 saturated heterocycles. The average Bonchev–Trinajstić information content (AvgIpc) is 1.77. The molecule has 0 aromatic heterocycles. The van der Waals surface area contributed by atoms with Crippen LogP contribution in [0.25, 0.3) is 0 Å². The number of halogens is 1. The molecule has 44 valence electrons. The fraction of sp³-hybridized carbons (Fsp3) is 0.333. The zero-order valence-electron chi connectivity index (χ0n) is 4.34. The number of aliphatic hydroxyl groups excluding tert-OH is 1. The van der Waals surface area contributed by atoms with Crippen LogP contribution in [-0.2, 0) is 0 Å². The Morgan fingerprint density at radius 3 is 2.88 bits per heavy atom. The SMILES string of the molecule is OC1CC=CC=C1I. The lowest BCUT2D eigenvalue weighted by molar-refractivity contribution is 0.224. The van der Waals surface area contributed by atoms with Gasteiger partial charge in [-0.05, 0) is 29.0 Å². The summed E-state index contributed by atoms with van der Waals surface area (Å²) in [6.07, 6.45) is 6.39. The van der Waals surface area contributed by atoms with Crippen LogP contribution in [0.3, 0.4) is 0 Å². The van der Waals surface area contributed by atoms with Crippen molar-refractivity contribution >= 4 is 22.6 Å². The molecule has 0 spiro atoms. The molecule has 0 heterocycles. The van der Waals surface area contributed by atoms with E-state index in [1.54, 1.807) is 0 Å². The normalized spacial score (nSPS) is 27.8. The molecule has 1 N–H and O–H groups in total. The van der Waals surface area contributed by atoms with E-state index >= 15 is 0 Å². The molecule has 2 heteroatoms. The highest BCUT2D eigenvalue weighted by Crippen LogP contribution is 2.18. The van der Waals surface area contributed by atoms with Crippen LogP contribution in [0.15, 0.2) is 21.8 Å². The Hall–Kier alpha value is 0.170. The zero-order valence-corrected chi connectivity index (χ0v) is 6.50. The summed E-state index contributed by atoms with van der Waals surface area (Å²) in [4.78, 5) is 0. The van der Waals surface area contributed by atoms with Gasteiger partial charge in [-0.3, -0.25) is 0 Å². The third kappa shape index (κ3) is 1.32. The van der Waals surface area contributed by atoms with Crippen molar-refractivity contribution in [3.8, 4) is 0 Å². The summed E-state index contributed by atoms with van der Waals surface area (Å²) in [6.45, 7) is 0. The van der Waals surface area contributed by atoms with Crippen LogP contribution < -0.4 is 0 Å². The number of hydrogen-bond acceptors (Lipinski definition) is 1. The second-order valence-corrected chi connectivity index (χ2v) is 2.98. The van der Waals surface area contributed by atoms with E-state index in [9.17, 15) is 0 Å². The molecule has 1 unspecified atom stereocenters. The molecule has 0 amide bonds. The lowest BCUT2D eigenvalue weighted by Crippen LogP contribution is -2.05. The maximum absolute atomic E-state index is 9.05. The van der Waals surface area contributed by atoms with Gasteiger partial charge in [0.2, 0.25) is 0 Å². The highest BCUT2D eigenvalue weighted by atomic mass is 127. The molecule has 0 aromatic carbocycles. The van der Waals surface area contributed by atoms with Crippen LogP contribution in [0.5, 0.6) is 0 Å². The van der Waals surface area contributed by atoms with Crippen LogP contribution in [0.1, 0.15) is 6.42 Å². The van der Waals surface area contributed by atoms with E-state index in [2.05, 4.69) is 22.6 Å². The standard InChI is InChI=1S/C6H7IO/c7-5-3-1-2-4-6(5)8/h1-3,6,8H,4H2. The number of allylic oxidation sites excluding steroid dienone is 2. The van der Waals surface area contributed by atoms with Gasteiger partial charge in [0.15, 0.2) is 0 Å². The largest absolute Gasteiger partial charge is 0.388 e. The van der Waals surface area contributed by atoms with Gasteiger partial charge in [-0.1, -0.05) is 18.2 Å². The van der Waals surface area contributed by atoms with Crippen LogP contribution in [0.4, 0.5) is 0 Å². The first-order chi connectivity index (χ1) is 3.80. The van der Waals surface area contributed by atoms with Crippen molar-refractivity contribution in [3.05, 3.63) is 21.8 Å². The van der Waals surface area contributed by atoms with E-state index in [0.717, 1.165) is 10.0 Å². The van der Waals surface area contributed by atoms with E-state index < -0.39 is 0 Å². The fourth-order valence-corrected chi connectivity index (χ4v) is 1.05. The zero-order chi connectivity index (χ0) is 5.98. The Kier molecular flexibility index (Phi) is 2.08. The Morgan fingerprint density at radius 1 is 1.75 bits per heavy atom. The summed E-state index contributed by atoms with van der Waals surface area (Å²) in [5.74, 6) is 0. The van der Waals surface area contributed by atoms with Crippen LogP contribution in [-0.4, -0.2) is 11.2 Å². The van der Waals surface area contributed by atoms with Crippen LogP contribution in [0.2, 0.25) is 0 Å². The van der Waals surface area contributed by atoms with Crippen molar-refractivity contribution in [1.82, 2.24) is 0 Å². The van der Waals surface area contributed by atoms with Crippen molar-refractivity contribution in [2.24, 2.45) is 0 Å². The third-order valence-corrected chi connectivity index (χ3v) is 2.15.